The summed E-state index contributed by atoms with van der Waals surface area (Å²) < 4.78 is 13.5. The first-order chi connectivity index (χ1) is 12.9. The normalized spacial score (nSPS) is 25.2. The van der Waals surface area contributed by atoms with Crippen LogP contribution in [0.25, 0.3) is 0 Å². The van der Waals surface area contributed by atoms with Gasteiger partial charge in [0.25, 0.3) is 0 Å². The maximum absolute atomic E-state index is 13.3. The van der Waals surface area contributed by atoms with Crippen molar-refractivity contribution in [2.75, 3.05) is 33.4 Å². The van der Waals surface area contributed by atoms with Crippen LogP contribution in [0.2, 0.25) is 0 Å². The van der Waals surface area contributed by atoms with Crippen LogP contribution < -0.4 is 24.0 Å². The molecule has 0 N–H and O–H groups in total. The lowest BCUT2D eigenvalue weighted by Gasteiger charge is -2.41. The minimum Gasteiger partial charge on any atom is -1.00 e. The highest BCUT2D eigenvalue weighted by molar-refractivity contribution is 7.98. The van der Waals surface area contributed by atoms with E-state index in [4.69, 9.17) is 9.47 Å². The Bertz CT molecular complexity index is 831. The fourth-order valence-electron chi connectivity index (χ4n) is 3.99. The molecule has 4 rings (SSSR count). The SMILES string of the molecule is CSc1ccc(C2(c3ccccc3)OC3(CC[N+](C)(C)CC3)OC2=O)cc1.[I-]. The van der Waals surface area contributed by atoms with Crippen LogP contribution >= 0.6 is 11.8 Å². The Morgan fingerprint density at radius 3 is 2.07 bits per heavy atom. The van der Waals surface area contributed by atoms with Crippen LogP contribution in [0.3, 0.4) is 0 Å². The van der Waals surface area contributed by atoms with E-state index in [0.29, 0.717) is 12.8 Å². The van der Waals surface area contributed by atoms with Crippen LogP contribution in [0.4, 0.5) is 0 Å². The van der Waals surface area contributed by atoms with Gasteiger partial charge in [-0.05, 0) is 29.5 Å². The third kappa shape index (κ3) is 3.72. The van der Waals surface area contributed by atoms with Gasteiger partial charge < -0.3 is 37.9 Å². The number of halogens is 1. The molecule has 2 aliphatic heterocycles. The van der Waals surface area contributed by atoms with Gasteiger partial charge in [-0.1, -0.05) is 42.5 Å². The van der Waals surface area contributed by atoms with Crippen molar-refractivity contribution in [1.82, 2.24) is 0 Å². The lowest BCUT2D eigenvalue weighted by molar-refractivity contribution is -0.898. The molecule has 2 aromatic rings. The highest BCUT2D eigenvalue weighted by Crippen LogP contribution is 2.49. The number of ether oxygens (including phenoxy) is 2. The first kappa shape index (κ1) is 21.6. The second kappa shape index (κ2) is 7.97. The molecule has 2 heterocycles. The summed E-state index contributed by atoms with van der Waals surface area (Å²) in [4.78, 5) is 14.5. The summed E-state index contributed by atoms with van der Waals surface area (Å²) in [7, 11) is 4.41. The molecule has 150 valence electrons. The molecular weight excluding hydrogens is 485 g/mol. The van der Waals surface area contributed by atoms with E-state index in [-0.39, 0.29) is 29.9 Å². The van der Waals surface area contributed by atoms with E-state index >= 15 is 0 Å². The Balaban J connectivity index is 0.00000225. The Hall–Kier alpha value is -1.09. The number of thioether (sulfide) groups is 1. The molecule has 0 aromatic heterocycles. The van der Waals surface area contributed by atoms with Gasteiger partial charge in [-0.15, -0.1) is 11.8 Å². The van der Waals surface area contributed by atoms with Gasteiger partial charge in [0.15, 0.2) is 0 Å². The van der Waals surface area contributed by atoms with E-state index in [9.17, 15) is 4.79 Å². The molecule has 6 heteroatoms. The molecule has 2 saturated heterocycles. The number of benzene rings is 2. The average Bonchev–Trinajstić information content (AvgIpc) is 2.99. The number of piperidine rings is 1. The van der Waals surface area contributed by atoms with E-state index in [0.717, 1.165) is 33.6 Å². The Labute approximate surface area is 188 Å². The second-order valence-electron chi connectivity index (χ2n) is 8.06. The van der Waals surface area contributed by atoms with Crippen LogP contribution in [0.5, 0.6) is 0 Å². The van der Waals surface area contributed by atoms with E-state index in [1.54, 1.807) is 11.8 Å². The number of esters is 1. The van der Waals surface area contributed by atoms with Gasteiger partial charge in [-0.3, -0.25) is 0 Å². The zero-order valence-electron chi connectivity index (χ0n) is 16.5. The monoisotopic (exact) mass is 511 g/mol. The molecule has 0 amide bonds. The largest absolute Gasteiger partial charge is 1.00 e. The molecule has 2 aliphatic rings. The predicted molar refractivity (Wildman–Crippen MR) is 106 cm³/mol. The van der Waals surface area contributed by atoms with Crippen LogP contribution in [0.15, 0.2) is 59.5 Å². The highest BCUT2D eigenvalue weighted by atomic mass is 127. The van der Waals surface area contributed by atoms with Crippen molar-refractivity contribution in [2.45, 2.75) is 29.1 Å². The summed E-state index contributed by atoms with van der Waals surface area (Å²) in [6.45, 7) is 1.84. The maximum atomic E-state index is 13.3. The molecule has 0 saturated carbocycles. The number of quaternary nitrogens is 1. The molecule has 28 heavy (non-hydrogen) atoms. The molecule has 0 radical (unpaired) electrons. The van der Waals surface area contributed by atoms with Crippen molar-refractivity contribution in [2.24, 2.45) is 0 Å². The second-order valence-corrected chi connectivity index (χ2v) is 8.94. The Morgan fingerprint density at radius 2 is 1.50 bits per heavy atom. The zero-order valence-corrected chi connectivity index (χ0v) is 19.5. The number of hydrogen-bond donors (Lipinski definition) is 0. The summed E-state index contributed by atoms with van der Waals surface area (Å²) in [5.74, 6) is -1.14. The first-order valence-electron chi connectivity index (χ1n) is 9.35. The lowest BCUT2D eigenvalue weighted by Crippen LogP contribution is -3.00. The smallest absolute Gasteiger partial charge is 0.350 e. The topological polar surface area (TPSA) is 35.5 Å². The van der Waals surface area contributed by atoms with Crippen LogP contribution in [-0.4, -0.2) is 49.7 Å². The molecule has 1 unspecified atom stereocenters. The predicted octanol–water partition coefficient (Wildman–Crippen LogP) is 0.796. The Kier molecular flexibility index (Phi) is 6.15. The van der Waals surface area contributed by atoms with Gasteiger partial charge in [0, 0.05) is 4.90 Å². The van der Waals surface area contributed by atoms with Crippen molar-refractivity contribution >= 4 is 17.7 Å². The number of rotatable bonds is 3. The van der Waals surface area contributed by atoms with Crippen molar-refractivity contribution in [3.05, 3.63) is 65.7 Å². The Morgan fingerprint density at radius 1 is 0.929 bits per heavy atom. The van der Waals surface area contributed by atoms with Crippen LogP contribution in [0.1, 0.15) is 24.0 Å². The van der Waals surface area contributed by atoms with Crippen LogP contribution in [0, 0.1) is 0 Å². The van der Waals surface area contributed by atoms with Gasteiger partial charge in [0.1, 0.15) is 0 Å². The van der Waals surface area contributed by atoms with Crippen molar-refractivity contribution in [3.63, 3.8) is 0 Å². The molecule has 1 atom stereocenters. The van der Waals surface area contributed by atoms with Gasteiger partial charge >= 0.3 is 5.97 Å². The van der Waals surface area contributed by atoms with E-state index < -0.39 is 11.4 Å². The lowest BCUT2D eigenvalue weighted by atomic mass is 9.86. The molecule has 0 bridgehead atoms. The van der Waals surface area contributed by atoms with E-state index in [2.05, 4.69) is 14.1 Å². The van der Waals surface area contributed by atoms with Gasteiger partial charge in [-0.25, -0.2) is 4.79 Å². The average molecular weight is 511 g/mol. The summed E-state index contributed by atoms with van der Waals surface area (Å²) in [6, 6.07) is 17.8. The summed E-state index contributed by atoms with van der Waals surface area (Å²) in [5.41, 5.74) is 0.447. The van der Waals surface area contributed by atoms with Crippen molar-refractivity contribution < 1.29 is 42.7 Å². The summed E-state index contributed by atoms with van der Waals surface area (Å²) in [5, 5.41) is 0. The minimum atomic E-state index is -1.20. The zero-order chi connectivity index (χ0) is 19.1. The summed E-state index contributed by atoms with van der Waals surface area (Å²) in [6.07, 6.45) is 3.46. The molecule has 2 fully saturated rings. The third-order valence-electron chi connectivity index (χ3n) is 5.78. The van der Waals surface area contributed by atoms with Crippen LogP contribution in [-0.2, 0) is 19.9 Å². The minimum absolute atomic E-state index is 0. The molecular formula is C22H26INO3S. The number of likely N-dealkylation sites (tertiary alicyclic amines) is 1. The number of nitrogens with zero attached hydrogens (tertiary/aromatic N) is 1. The number of carbonyl (C=O) groups excluding carboxylic acids is 1. The standard InChI is InChI=1S/C22H26NO3S.HI/c1-23(2)15-13-21(14-16-23)25-20(24)22(26-21,17-7-5-4-6-8-17)18-9-11-19(27-3)12-10-18;/h4-12H,13-16H2,1-3H3;1H/q+1;/p-1. The van der Waals surface area contributed by atoms with Crippen molar-refractivity contribution in [3.8, 4) is 0 Å². The maximum Gasteiger partial charge on any atom is 0.350 e. The van der Waals surface area contributed by atoms with Crippen molar-refractivity contribution in [1.29, 1.82) is 0 Å². The molecule has 1 spiro atoms. The highest BCUT2D eigenvalue weighted by Gasteiger charge is 2.61. The number of hydrogen-bond acceptors (Lipinski definition) is 4. The van der Waals surface area contributed by atoms with Gasteiger partial charge in [-0.2, -0.15) is 0 Å². The molecule has 0 aliphatic carbocycles. The summed E-state index contributed by atoms with van der Waals surface area (Å²) >= 11 is 1.68. The molecule has 4 nitrogen and oxygen atoms in total. The fraction of sp³-hybridized carbons (Fsp3) is 0.409. The third-order valence-corrected chi connectivity index (χ3v) is 6.52. The fourth-order valence-corrected chi connectivity index (χ4v) is 4.40. The van der Waals surface area contributed by atoms with E-state index in [1.807, 2.05) is 60.9 Å². The quantitative estimate of drug-likeness (QED) is 0.265. The van der Waals surface area contributed by atoms with Gasteiger partial charge in [0.05, 0.1) is 40.0 Å². The van der Waals surface area contributed by atoms with Gasteiger partial charge in [0.2, 0.25) is 11.4 Å². The van der Waals surface area contributed by atoms with E-state index in [1.165, 1.54) is 0 Å². The molecule has 2 aromatic carbocycles. The first-order valence-corrected chi connectivity index (χ1v) is 10.6. The number of carbonyl (C=O) groups is 1.